The fourth-order valence-electron chi connectivity index (χ4n) is 4.15. The summed E-state index contributed by atoms with van der Waals surface area (Å²) < 4.78 is 0. The number of amides is 2. The summed E-state index contributed by atoms with van der Waals surface area (Å²) in [7, 11) is 3.42. The molecule has 1 unspecified atom stereocenters. The molecule has 8 nitrogen and oxygen atoms in total. The lowest BCUT2D eigenvalue weighted by atomic mass is 9.79. The van der Waals surface area contributed by atoms with Crippen molar-refractivity contribution in [2.45, 2.75) is 43.7 Å². The predicted molar refractivity (Wildman–Crippen MR) is 96.1 cm³/mol. The molecule has 3 N–H and O–H groups in total. The first-order chi connectivity index (χ1) is 12.1. The number of thioether (sulfide) groups is 1. The van der Waals surface area contributed by atoms with E-state index in [9.17, 15) is 24.6 Å². The van der Waals surface area contributed by atoms with Crippen molar-refractivity contribution < 1.29 is 24.6 Å². The molecule has 0 saturated carbocycles. The molecule has 2 amide bonds. The van der Waals surface area contributed by atoms with Gasteiger partial charge in [-0.1, -0.05) is 6.92 Å². The van der Waals surface area contributed by atoms with Crippen molar-refractivity contribution in [3.05, 3.63) is 10.6 Å². The minimum atomic E-state index is -1.12. The Morgan fingerprint density at radius 1 is 1.38 bits per heavy atom. The summed E-state index contributed by atoms with van der Waals surface area (Å²) in [4.78, 5) is 39.8. The fraction of sp³-hybridized carbons (Fsp3) is 0.706. The maximum atomic E-state index is 12.3. The molecule has 3 aliphatic heterocycles. The van der Waals surface area contributed by atoms with Gasteiger partial charge in [-0.3, -0.25) is 9.59 Å². The molecule has 0 aromatic carbocycles. The van der Waals surface area contributed by atoms with Crippen LogP contribution in [0.5, 0.6) is 0 Å². The van der Waals surface area contributed by atoms with E-state index in [1.807, 2.05) is 6.92 Å². The van der Waals surface area contributed by atoms with Gasteiger partial charge in [0.25, 0.3) is 0 Å². The second-order valence-electron chi connectivity index (χ2n) is 7.44. The minimum Gasteiger partial charge on any atom is -0.477 e. The molecule has 2 fully saturated rings. The third-order valence-electron chi connectivity index (χ3n) is 5.43. The van der Waals surface area contributed by atoms with Crippen molar-refractivity contribution in [2.24, 2.45) is 11.8 Å². The van der Waals surface area contributed by atoms with E-state index in [-0.39, 0.29) is 40.8 Å². The molecule has 0 spiro atoms. The van der Waals surface area contributed by atoms with E-state index in [2.05, 4.69) is 5.32 Å². The zero-order chi connectivity index (χ0) is 19.3. The lowest BCUT2D eigenvalue weighted by Crippen LogP contribution is -2.63. The number of carbonyl (C=O) groups excluding carboxylic acids is 2. The summed E-state index contributed by atoms with van der Waals surface area (Å²) in [5.74, 6) is -2.14. The monoisotopic (exact) mass is 383 g/mol. The SMILES string of the molecule is CC1C(S[C@@H]2CN[C@H](C(=O)N(C)C)C2)=C(C(=O)O)N2C(=O)[C@H]([C@@H](C)O)[C@@H]12. The molecule has 144 valence electrons. The molecule has 0 aromatic rings. The molecule has 2 saturated heterocycles. The van der Waals surface area contributed by atoms with E-state index in [0.717, 1.165) is 0 Å². The Morgan fingerprint density at radius 3 is 2.58 bits per heavy atom. The number of fused-ring (bicyclic) bond motifs is 1. The normalized spacial score (nSPS) is 34.6. The van der Waals surface area contributed by atoms with Gasteiger partial charge in [-0.15, -0.1) is 11.8 Å². The van der Waals surface area contributed by atoms with Crippen LogP contribution >= 0.6 is 11.8 Å². The number of nitrogens with zero attached hydrogens (tertiary/aromatic N) is 2. The Bertz CT molecular complexity index is 677. The molecule has 0 aliphatic carbocycles. The number of nitrogens with one attached hydrogen (secondary N) is 1. The van der Waals surface area contributed by atoms with E-state index >= 15 is 0 Å². The van der Waals surface area contributed by atoms with Gasteiger partial charge < -0.3 is 25.3 Å². The van der Waals surface area contributed by atoms with Crippen LogP contribution in [0.2, 0.25) is 0 Å². The van der Waals surface area contributed by atoms with Crippen LogP contribution in [0.4, 0.5) is 0 Å². The number of β-lactam (4-membered cyclic amide) rings is 1. The van der Waals surface area contributed by atoms with E-state index in [0.29, 0.717) is 17.9 Å². The molecule has 0 bridgehead atoms. The van der Waals surface area contributed by atoms with Gasteiger partial charge in [-0.2, -0.15) is 0 Å². The number of aliphatic carboxylic acids is 1. The minimum absolute atomic E-state index is 0.00757. The molecule has 9 heteroatoms. The van der Waals surface area contributed by atoms with Crippen molar-refractivity contribution in [1.29, 1.82) is 0 Å². The highest BCUT2D eigenvalue weighted by atomic mass is 32.2. The van der Waals surface area contributed by atoms with Crippen LogP contribution < -0.4 is 5.32 Å². The molecule has 3 aliphatic rings. The zero-order valence-corrected chi connectivity index (χ0v) is 16.1. The predicted octanol–water partition coefficient (Wildman–Crippen LogP) is -0.308. The van der Waals surface area contributed by atoms with Crippen LogP contribution in [0, 0.1) is 11.8 Å². The largest absolute Gasteiger partial charge is 0.477 e. The average Bonchev–Trinajstić information content (AvgIpc) is 3.09. The van der Waals surface area contributed by atoms with Gasteiger partial charge in [0.15, 0.2) is 0 Å². The first-order valence-electron chi connectivity index (χ1n) is 8.75. The second-order valence-corrected chi connectivity index (χ2v) is 8.78. The molecule has 0 radical (unpaired) electrons. The highest BCUT2D eigenvalue weighted by Crippen LogP contribution is 2.51. The molecule has 0 aromatic heterocycles. The summed E-state index contributed by atoms with van der Waals surface area (Å²) >= 11 is 1.45. The third-order valence-corrected chi connectivity index (χ3v) is 6.95. The number of hydrogen-bond acceptors (Lipinski definition) is 6. The quantitative estimate of drug-likeness (QED) is 0.559. The summed E-state index contributed by atoms with van der Waals surface area (Å²) in [5, 5.41) is 22.8. The van der Waals surface area contributed by atoms with Gasteiger partial charge >= 0.3 is 5.97 Å². The first kappa shape index (κ1) is 19.2. The summed E-state index contributed by atoms with van der Waals surface area (Å²) in [6.45, 7) is 4.08. The van der Waals surface area contributed by atoms with E-state index in [1.165, 1.54) is 16.7 Å². The number of hydrogen-bond donors (Lipinski definition) is 3. The van der Waals surface area contributed by atoms with Gasteiger partial charge in [-0.25, -0.2) is 4.79 Å². The topological polar surface area (TPSA) is 110 Å². The Hall–Kier alpha value is -1.58. The maximum absolute atomic E-state index is 12.3. The highest BCUT2D eigenvalue weighted by molar-refractivity contribution is 8.03. The maximum Gasteiger partial charge on any atom is 0.353 e. The van der Waals surface area contributed by atoms with E-state index < -0.39 is 18.0 Å². The molecule has 6 atom stereocenters. The third kappa shape index (κ3) is 2.91. The molecular weight excluding hydrogens is 358 g/mol. The van der Waals surface area contributed by atoms with Crippen LogP contribution in [0.15, 0.2) is 10.6 Å². The highest BCUT2D eigenvalue weighted by Gasteiger charge is 2.60. The molecule has 3 heterocycles. The van der Waals surface area contributed by atoms with Gasteiger partial charge in [0.2, 0.25) is 11.8 Å². The summed E-state index contributed by atoms with van der Waals surface area (Å²) in [6, 6.07) is -0.568. The van der Waals surface area contributed by atoms with Crippen LogP contribution in [0.25, 0.3) is 0 Å². The van der Waals surface area contributed by atoms with Gasteiger partial charge in [0.1, 0.15) is 5.70 Å². The first-order valence-corrected chi connectivity index (χ1v) is 9.62. The van der Waals surface area contributed by atoms with Crippen LogP contribution in [-0.2, 0) is 14.4 Å². The smallest absolute Gasteiger partial charge is 0.353 e. The van der Waals surface area contributed by atoms with Crippen molar-refractivity contribution in [3.8, 4) is 0 Å². The average molecular weight is 383 g/mol. The van der Waals surface area contributed by atoms with Crippen molar-refractivity contribution >= 4 is 29.5 Å². The molecule has 26 heavy (non-hydrogen) atoms. The van der Waals surface area contributed by atoms with E-state index in [4.69, 9.17) is 0 Å². The van der Waals surface area contributed by atoms with E-state index in [1.54, 1.807) is 25.9 Å². The molecule has 3 rings (SSSR count). The van der Waals surface area contributed by atoms with Crippen LogP contribution in [-0.4, -0.2) is 81.9 Å². The van der Waals surface area contributed by atoms with Gasteiger partial charge in [0.05, 0.1) is 24.1 Å². The standard InChI is InChI=1S/C17H25N3O5S/c1-7-12-11(8(2)21)16(23)20(12)13(17(24)25)14(7)26-9-5-10(18-6-9)15(22)19(3)4/h7-12,18,21H,5-6H2,1-4H3,(H,24,25)/t7?,8-,9+,10+,11-,12-/m1/s1. The molecular formula is C17H25N3O5S. The number of aliphatic hydroxyl groups is 1. The van der Waals surface area contributed by atoms with Gasteiger partial charge in [-0.05, 0) is 13.3 Å². The van der Waals surface area contributed by atoms with Crippen molar-refractivity contribution in [3.63, 3.8) is 0 Å². The zero-order valence-electron chi connectivity index (χ0n) is 15.3. The van der Waals surface area contributed by atoms with Crippen molar-refractivity contribution in [1.82, 2.24) is 15.1 Å². The number of rotatable bonds is 5. The fourth-order valence-corrected chi connectivity index (χ4v) is 5.63. The Morgan fingerprint density at radius 2 is 2.04 bits per heavy atom. The second kappa shape index (κ2) is 6.86. The van der Waals surface area contributed by atoms with Crippen molar-refractivity contribution in [2.75, 3.05) is 20.6 Å². The lowest BCUT2D eigenvalue weighted by molar-refractivity contribution is -0.163. The Labute approximate surface area is 156 Å². The summed E-state index contributed by atoms with van der Waals surface area (Å²) in [5.41, 5.74) is 0.0387. The van der Waals surface area contributed by atoms with Crippen LogP contribution in [0.3, 0.4) is 0 Å². The summed E-state index contributed by atoms with van der Waals surface area (Å²) in [6.07, 6.45) is -0.190. The number of aliphatic hydroxyl groups excluding tert-OH is 1. The number of carboxylic acids is 1. The Kier molecular flexibility index (Phi) is 5.06. The van der Waals surface area contributed by atoms with Crippen LogP contribution in [0.1, 0.15) is 20.3 Å². The number of likely N-dealkylation sites (N-methyl/N-ethyl adjacent to an activating group) is 1. The lowest BCUT2D eigenvalue weighted by Gasteiger charge is -2.46. The Balaban J connectivity index is 1.78. The van der Waals surface area contributed by atoms with Gasteiger partial charge in [0, 0.05) is 36.7 Å². The number of carboxylic acid groups (broad SMARTS) is 1. The number of carbonyl (C=O) groups is 3.